The van der Waals surface area contributed by atoms with Gasteiger partial charge in [-0.05, 0) is 23.3 Å². The van der Waals surface area contributed by atoms with Crippen LogP contribution in [0.25, 0.3) is 0 Å². The number of methoxy groups -OCH3 is 1. The Hall–Kier alpha value is -2.87. The molecule has 0 unspecified atom stereocenters. The van der Waals surface area contributed by atoms with E-state index in [1.807, 2.05) is 0 Å². The van der Waals surface area contributed by atoms with Gasteiger partial charge in [0.1, 0.15) is 6.04 Å². The molecule has 0 aliphatic heterocycles. The molecule has 2 aromatic carbocycles. The van der Waals surface area contributed by atoms with Crippen LogP contribution in [0.5, 0.6) is 0 Å². The highest BCUT2D eigenvalue weighted by Gasteiger charge is 2.30. The smallest absolute Gasteiger partial charge is 0.368 e. The topological polar surface area (TPSA) is 81.4 Å². The lowest BCUT2D eigenvalue weighted by Crippen LogP contribution is -2.47. The number of halogens is 3. The second-order valence-electron chi connectivity index (χ2n) is 5.89. The monoisotopic (exact) mass is 380 g/mol. The first kappa shape index (κ1) is 20.4. The Morgan fingerprint density at radius 2 is 1.67 bits per heavy atom. The van der Waals surface area contributed by atoms with Gasteiger partial charge in [0.25, 0.3) is 5.91 Å². The van der Waals surface area contributed by atoms with E-state index >= 15 is 0 Å². The summed E-state index contributed by atoms with van der Waals surface area (Å²) in [7, 11) is 1.35. The van der Waals surface area contributed by atoms with Gasteiger partial charge in [-0.1, -0.05) is 42.5 Å². The molecule has 0 fully saturated rings. The van der Waals surface area contributed by atoms with Crippen molar-refractivity contribution in [3.63, 3.8) is 0 Å². The third-order valence-corrected chi connectivity index (χ3v) is 3.96. The summed E-state index contributed by atoms with van der Waals surface area (Å²) in [6.45, 7) is 0. The van der Waals surface area contributed by atoms with Crippen LogP contribution in [0.1, 0.15) is 22.8 Å². The molecule has 0 radical (unpaired) electrons. The maximum atomic E-state index is 12.6. The SMILES string of the molecule is CO[C@H](C(=O)N[C@H](Cc1ccc(C(F)(F)F)cc1)C(N)=O)c1ccccc1. The van der Waals surface area contributed by atoms with Crippen LogP contribution in [0.3, 0.4) is 0 Å². The number of hydrogen-bond donors (Lipinski definition) is 2. The van der Waals surface area contributed by atoms with Crippen molar-refractivity contribution in [2.75, 3.05) is 7.11 Å². The average Bonchev–Trinajstić information content (AvgIpc) is 2.62. The molecule has 0 spiro atoms. The molecule has 27 heavy (non-hydrogen) atoms. The van der Waals surface area contributed by atoms with Crippen molar-refractivity contribution >= 4 is 11.8 Å². The standard InChI is InChI=1S/C19H19F3N2O3/c1-27-16(13-5-3-2-4-6-13)18(26)24-15(17(23)25)11-12-7-9-14(10-8-12)19(20,21)22/h2-10,15-16H,11H2,1H3,(H2,23,25)(H,24,26)/t15-,16+/m1/s1. The molecule has 0 aliphatic carbocycles. The van der Waals surface area contributed by atoms with E-state index in [4.69, 9.17) is 10.5 Å². The van der Waals surface area contributed by atoms with E-state index in [-0.39, 0.29) is 6.42 Å². The second kappa shape index (κ2) is 8.68. The van der Waals surface area contributed by atoms with E-state index in [9.17, 15) is 22.8 Å². The number of benzene rings is 2. The molecule has 0 heterocycles. The van der Waals surface area contributed by atoms with Gasteiger partial charge in [-0.15, -0.1) is 0 Å². The van der Waals surface area contributed by atoms with Gasteiger partial charge in [0.2, 0.25) is 5.91 Å². The first-order chi connectivity index (χ1) is 12.7. The third kappa shape index (κ3) is 5.55. The summed E-state index contributed by atoms with van der Waals surface area (Å²) in [5.41, 5.74) is 5.57. The summed E-state index contributed by atoms with van der Waals surface area (Å²) in [4.78, 5) is 24.2. The minimum atomic E-state index is -4.45. The van der Waals surface area contributed by atoms with Crippen molar-refractivity contribution < 1.29 is 27.5 Å². The lowest BCUT2D eigenvalue weighted by Gasteiger charge is -2.20. The van der Waals surface area contributed by atoms with Gasteiger partial charge in [0.15, 0.2) is 6.10 Å². The average molecular weight is 380 g/mol. The number of alkyl halides is 3. The molecule has 3 N–H and O–H groups in total. The van der Waals surface area contributed by atoms with Crippen molar-refractivity contribution in [2.24, 2.45) is 5.73 Å². The van der Waals surface area contributed by atoms with Crippen LogP contribution in [0.15, 0.2) is 54.6 Å². The fraction of sp³-hybridized carbons (Fsp3) is 0.263. The third-order valence-electron chi connectivity index (χ3n) is 3.96. The minimum absolute atomic E-state index is 0.0373. The maximum absolute atomic E-state index is 12.6. The van der Waals surface area contributed by atoms with Gasteiger partial charge in [0, 0.05) is 13.5 Å². The van der Waals surface area contributed by atoms with Crippen LogP contribution in [-0.4, -0.2) is 25.0 Å². The van der Waals surface area contributed by atoms with Crippen LogP contribution in [0.4, 0.5) is 13.2 Å². The Morgan fingerprint density at radius 3 is 2.15 bits per heavy atom. The number of nitrogens with one attached hydrogen (secondary N) is 1. The highest BCUT2D eigenvalue weighted by Crippen LogP contribution is 2.29. The van der Waals surface area contributed by atoms with Gasteiger partial charge >= 0.3 is 6.18 Å². The molecule has 2 atom stereocenters. The number of hydrogen-bond acceptors (Lipinski definition) is 3. The molecule has 0 aromatic heterocycles. The van der Waals surface area contributed by atoms with E-state index < -0.39 is 35.7 Å². The second-order valence-corrected chi connectivity index (χ2v) is 5.89. The van der Waals surface area contributed by atoms with E-state index in [0.717, 1.165) is 12.1 Å². The van der Waals surface area contributed by atoms with Crippen molar-refractivity contribution in [3.8, 4) is 0 Å². The molecule has 144 valence electrons. The number of ether oxygens (including phenoxy) is 1. The summed E-state index contributed by atoms with van der Waals surface area (Å²) in [5.74, 6) is -1.37. The molecule has 2 amide bonds. The van der Waals surface area contributed by atoms with Crippen LogP contribution >= 0.6 is 0 Å². The van der Waals surface area contributed by atoms with Crippen molar-refractivity contribution in [3.05, 3.63) is 71.3 Å². The fourth-order valence-electron chi connectivity index (χ4n) is 2.56. The largest absolute Gasteiger partial charge is 0.416 e. The normalized spacial score (nSPS) is 13.6. The van der Waals surface area contributed by atoms with Crippen LogP contribution in [0, 0.1) is 0 Å². The lowest BCUT2D eigenvalue weighted by atomic mass is 10.0. The number of carbonyl (C=O) groups excluding carboxylic acids is 2. The maximum Gasteiger partial charge on any atom is 0.416 e. The first-order valence-corrected chi connectivity index (χ1v) is 8.06. The summed E-state index contributed by atoms with van der Waals surface area (Å²) >= 11 is 0. The molecular formula is C19H19F3N2O3. The molecule has 2 aromatic rings. The molecular weight excluding hydrogens is 361 g/mol. The predicted molar refractivity (Wildman–Crippen MR) is 92.5 cm³/mol. The van der Waals surface area contributed by atoms with Crippen molar-refractivity contribution in [1.29, 1.82) is 0 Å². The van der Waals surface area contributed by atoms with E-state index in [0.29, 0.717) is 11.1 Å². The quantitative estimate of drug-likeness (QED) is 0.775. The molecule has 0 saturated heterocycles. The molecule has 8 heteroatoms. The number of primary amides is 1. The zero-order valence-corrected chi connectivity index (χ0v) is 14.5. The van der Waals surface area contributed by atoms with E-state index in [1.165, 1.54) is 19.2 Å². The Labute approximate surface area is 154 Å². The highest BCUT2D eigenvalue weighted by molar-refractivity contribution is 5.89. The Morgan fingerprint density at radius 1 is 1.07 bits per heavy atom. The van der Waals surface area contributed by atoms with Gasteiger partial charge in [0.05, 0.1) is 5.56 Å². The zero-order chi connectivity index (χ0) is 20.0. The summed E-state index contributed by atoms with van der Waals surface area (Å²) in [6.07, 6.45) is -5.43. The Balaban J connectivity index is 2.11. The number of nitrogens with two attached hydrogens (primary N) is 1. The van der Waals surface area contributed by atoms with Crippen LogP contribution in [0.2, 0.25) is 0 Å². The minimum Gasteiger partial charge on any atom is -0.368 e. The fourth-order valence-corrected chi connectivity index (χ4v) is 2.56. The van der Waals surface area contributed by atoms with Crippen molar-refractivity contribution in [2.45, 2.75) is 24.7 Å². The molecule has 2 rings (SSSR count). The lowest BCUT2D eigenvalue weighted by molar-refractivity contribution is -0.137. The Kier molecular flexibility index (Phi) is 6.57. The van der Waals surface area contributed by atoms with Crippen LogP contribution < -0.4 is 11.1 Å². The van der Waals surface area contributed by atoms with Crippen molar-refractivity contribution in [1.82, 2.24) is 5.32 Å². The first-order valence-electron chi connectivity index (χ1n) is 8.06. The van der Waals surface area contributed by atoms with Gasteiger partial charge in [-0.3, -0.25) is 9.59 Å². The summed E-state index contributed by atoms with van der Waals surface area (Å²) in [6, 6.07) is 11.9. The van der Waals surface area contributed by atoms with Crippen LogP contribution in [-0.2, 0) is 26.9 Å². The van der Waals surface area contributed by atoms with Gasteiger partial charge < -0.3 is 15.8 Å². The predicted octanol–water partition coefficient (Wildman–Crippen LogP) is 2.61. The number of rotatable bonds is 7. The Bertz CT molecular complexity index is 777. The number of amides is 2. The number of carbonyl (C=O) groups is 2. The zero-order valence-electron chi connectivity index (χ0n) is 14.5. The molecule has 5 nitrogen and oxygen atoms in total. The summed E-state index contributed by atoms with van der Waals surface area (Å²) < 4.78 is 43.1. The molecule has 0 bridgehead atoms. The highest BCUT2D eigenvalue weighted by atomic mass is 19.4. The van der Waals surface area contributed by atoms with E-state index in [2.05, 4.69) is 5.32 Å². The molecule has 0 aliphatic rings. The summed E-state index contributed by atoms with van der Waals surface area (Å²) in [5, 5.41) is 2.50. The van der Waals surface area contributed by atoms with E-state index in [1.54, 1.807) is 30.3 Å². The molecule has 0 saturated carbocycles. The van der Waals surface area contributed by atoms with Gasteiger partial charge in [-0.2, -0.15) is 13.2 Å². The van der Waals surface area contributed by atoms with Gasteiger partial charge in [-0.25, -0.2) is 0 Å².